The minimum atomic E-state index is -0.0460. The molecule has 134 valence electrons. The number of aryl methyl sites for hydroxylation is 1. The normalized spacial score (nSPS) is 16.1. The second-order valence-electron chi connectivity index (χ2n) is 6.70. The molecule has 1 heterocycles. The van der Waals surface area contributed by atoms with Crippen molar-refractivity contribution >= 4 is 17.2 Å². The molecule has 1 amide bonds. The van der Waals surface area contributed by atoms with Gasteiger partial charge in [0.2, 0.25) is 5.91 Å². The van der Waals surface area contributed by atoms with Crippen LogP contribution in [-0.4, -0.2) is 18.0 Å². The van der Waals surface area contributed by atoms with E-state index >= 15 is 0 Å². The number of ether oxygens (including phenoxy) is 1. The van der Waals surface area contributed by atoms with E-state index in [1.165, 1.54) is 12.8 Å². The lowest BCUT2D eigenvalue weighted by Gasteiger charge is -2.23. The molecule has 1 saturated carbocycles. The lowest BCUT2D eigenvalue weighted by atomic mass is 9.84. The average molecular weight is 359 g/mol. The predicted octanol–water partition coefficient (Wildman–Crippen LogP) is 4.19. The molecule has 0 aliphatic heterocycles. The maximum absolute atomic E-state index is 13.0. The molecule has 1 aliphatic carbocycles. The summed E-state index contributed by atoms with van der Waals surface area (Å²) < 4.78 is 5.15. The van der Waals surface area contributed by atoms with Gasteiger partial charge in [-0.1, -0.05) is 43.2 Å². The Morgan fingerprint density at radius 1 is 1.32 bits per heavy atom. The molecule has 1 aromatic carbocycles. The van der Waals surface area contributed by atoms with Crippen molar-refractivity contribution in [2.45, 2.75) is 51.7 Å². The van der Waals surface area contributed by atoms with Crippen LogP contribution in [0.4, 0.5) is 0 Å². The van der Waals surface area contributed by atoms with Gasteiger partial charge < -0.3 is 10.1 Å². The first-order valence-corrected chi connectivity index (χ1v) is 9.77. The third-order valence-electron chi connectivity index (χ3n) is 4.94. The fourth-order valence-electron chi connectivity index (χ4n) is 3.70. The molecule has 1 fully saturated rings. The van der Waals surface area contributed by atoms with E-state index in [4.69, 9.17) is 4.74 Å². The summed E-state index contributed by atoms with van der Waals surface area (Å²) in [4.78, 5) is 18.6. The molecule has 0 radical (unpaired) electrons. The van der Waals surface area contributed by atoms with E-state index in [1.807, 2.05) is 25.1 Å². The summed E-state index contributed by atoms with van der Waals surface area (Å²) in [6.07, 6.45) is 4.75. The first kappa shape index (κ1) is 18.1. The third kappa shape index (κ3) is 4.47. The molecule has 1 atom stereocenters. The minimum absolute atomic E-state index is 0.0460. The zero-order valence-corrected chi connectivity index (χ0v) is 15.8. The molecular weight excluding hydrogens is 332 g/mol. The lowest BCUT2D eigenvalue weighted by molar-refractivity contribution is -0.123. The van der Waals surface area contributed by atoms with Crippen molar-refractivity contribution in [2.75, 3.05) is 7.11 Å². The molecule has 1 N–H and O–H groups in total. The van der Waals surface area contributed by atoms with Crippen LogP contribution in [0.25, 0.3) is 0 Å². The summed E-state index contributed by atoms with van der Waals surface area (Å²) in [5.41, 5.74) is 2.11. The van der Waals surface area contributed by atoms with Gasteiger partial charge in [0.15, 0.2) is 0 Å². The van der Waals surface area contributed by atoms with Crippen LogP contribution >= 0.6 is 11.3 Å². The van der Waals surface area contributed by atoms with Crippen molar-refractivity contribution in [1.29, 1.82) is 0 Å². The minimum Gasteiger partial charge on any atom is -0.378 e. The third-order valence-corrected chi connectivity index (χ3v) is 6.07. The number of hydrogen-bond acceptors (Lipinski definition) is 4. The van der Waals surface area contributed by atoms with E-state index in [0.29, 0.717) is 19.1 Å². The fraction of sp³-hybridized carbons (Fsp3) is 0.500. The summed E-state index contributed by atoms with van der Waals surface area (Å²) in [6.45, 7) is 3.05. The second kappa shape index (κ2) is 8.59. The molecule has 5 heteroatoms. The van der Waals surface area contributed by atoms with Crippen molar-refractivity contribution in [3.63, 3.8) is 0 Å². The second-order valence-corrected chi connectivity index (χ2v) is 7.87. The number of carbonyl (C=O) groups excluding carboxylic acids is 1. The average Bonchev–Trinajstić information content (AvgIpc) is 3.25. The Hall–Kier alpha value is -1.72. The molecule has 3 rings (SSSR count). The Kier molecular flexibility index (Phi) is 6.21. The van der Waals surface area contributed by atoms with E-state index in [2.05, 4.69) is 22.4 Å². The molecule has 1 aromatic heterocycles. The Bertz CT molecular complexity index is 693. The number of thiazole rings is 1. The molecule has 0 saturated heterocycles. The maximum atomic E-state index is 13.0. The SMILES string of the molecule is COCc1nc(C)c(CNC(=O)[C@@H](c2ccccc2)C2CCCC2)s1. The smallest absolute Gasteiger partial charge is 0.228 e. The number of nitrogens with one attached hydrogen (secondary N) is 1. The Labute approximate surface area is 153 Å². The Morgan fingerprint density at radius 2 is 2.04 bits per heavy atom. The van der Waals surface area contributed by atoms with Crippen molar-refractivity contribution in [1.82, 2.24) is 10.3 Å². The largest absolute Gasteiger partial charge is 0.378 e. The van der Waals surface area contributed by atoms with Gasteiger partial charge in [-0.15, -0.1) is 11.3 Å². The van der Waals surface area contributed by atoms with Crippen LogP contribution in [0.3, 0.4) is 0 Å². The number of nitrogens with zero attached hydrogens (tertiary/aromatic N) is 1. The van der Waals surface area contributed by atoms with Crippen molar-refractivity contribution in [3.8, 4) is 0 Å². The van der Waals surface area contributed by atoms with Crippen LogP contribution in [0.2, 0.25) is 0 Å². The Morgan fingerprint density at radius 3 is 2.72 bits per heavy atom. The number of hydrogen-bond donors (Lipinski definition) is 1. The predicted molar refractivity (Wildman–Crippen MR) is 101 cm³/mol. The number of amides is 1. The first-order valence-electron chi connectivity index (χ1n) is 8.96. The molecule has 0 unspecified atom stereocenters. The van der Waals surface area contributed by atoms with Gasteiger partial charge in [-0.2, -0.15) is 0 Å². The highest BCUT2D eigenvalue weighted by molar-refractivity contribution is 7.11. The highest BCUT2D eigenvalue weighted by Gasteiger charge is 2.31. The standard InChI is InChI=1S/C20H26N2O2S/c1-14-17(25-18(22-14)13-24-2)12-21-20(23)19(16-10-6-7-11-16)15-8-4-3-5-9-15/h3-5,8-9,16,19H,6-7,10-13H2,1-2H3,(H,21,23)/t19-/m0/s1. The number of rotatable bonds is 7. The van der Waals surface area contributed by atoms with Gasteiger partial charge in [-0.25, -0.2) is 4.98 Å². The number of benzene rings is 1. The van der Waals surface area contributed by atoms with Crippen molar-refractivity contribution in [3.05, 3.63) is 51.5 Å². The van der Waals surface area contributed by atoms with Gasteiger partial charge in [0.1, 0.15) is 5.01 Å². The molecule has 25 heavy (non-hydrogen) atoms. The van der Waals surface area contributed by atoms with E-state index in [-0.39, 0.29) is 11.8 Å². The quantitative estimate of drug-likeness (QED) is 0.807. The van der Waals surface area contributed by atoms with E-state index in [9.17, 15) is 4.79 Å². The molecular formula is C20H26N2O2S. The van der Waals surface area contributed by atoms with Crippen LogP contribution in [0.1, 0.15) is 52.7 Å². The monoisotopic (exact) mass is 358 g/mol. The van der Waals surface area contributed by atoms with Gasteiger partial charge in [-0.3, -0.25) is 4.79 Å². The van der Waals surface area contributed by atoms with Crippen LogP contribution in [-0.2, 0) is 22.7 Å². The zero-order valence-electron chi connectivity index (χ0n) is 15.0. The summed E-state index contributed by atoms with van der Waals surface area (Å²) in [7, 11) is 1.67. The fourth-order valence-corrected chi connectivity index (χ4v) is 4.69. The first-order chi connectivity index (χ1) is 12.2. The summed E-state index contributed by atoms with van der Waals surface area (Å²) in [5.74, 6) is 0.545. The lowest BCUT2D eigenvalue weighted by Crippen LogP contribution is -2.32. The van der Waals surface area contributed by atoms with Crippen LogP contribution in [0, 0.1) is 12.8 Å². The topological polar surface area (TPSA) is 51.2 Å². The van der Waals surface area contributed by atoms with Gasteiger partial charge in [0.05, 0.1) is 24.8 Å². The molecule has 1 aliphatic rings. The van der Waals surface area contributed by atoms with Gasteiger partial charge >= 0.3 is 0 Å². The summed E-state index contributed by atoms with van der Waals surface area (Å²) >= 11 is 1.62. The Balaban J connectivity index is 1.70. The van der Waals surface area contributed by atoms with Crippen molar-refractivity contribution < 1.29 is 9.53 Å². The molecule has 2 aromatic rings. The van der Waals surface area contributed by atoms with Gasteiger partial charge in [0.25, 0.3) is 0 Å². The van der Waals surface area contributed by atoms with Crippen LogP contribution in [0.5, 0.6) is 0 Å². The van der Waals surface area contributed by atoms with Crippen LogP contribution in [0.15, 0.2) is 30.3 Å². The van der Waals surface area contributed by atoms with Gasteiger partial charge in [-0.05, 0) is 31.2 Å². The number of methoxy groups -OCH3 is 1. The van der Waals surface area contributed by atoms with E-state index in [0.717, 1.165) is 34.0 Å². The van der Waals surface area contributed by atoms with E-state index < -0.39 is 0 Å². The number of carbonyl (C=O) groups is 1. The summed E-state index contributed by atoms with van der Waals surface area (Å²) in [6, 6.07) is 10.2. The van der Waals surface area contributed by atoms with E-state index in [1.54, 1.807) is 18.4 Å². The maximum Gasteiger partial charge on any atom is 0.228 e. The highest BCUT2D eigenvalue weighted by Crippen LogP contribution is 2.37. The van der Waals surface area contributed by atoms with Crippen LogP contribution < -0.4 is 5.32 Å². The summed E-state index contributed by atoms with van der Waals surface area (Å²) in [5, 5.41) is 4.12. The zero-order chi connectivity index (χ0) is 17.6. The molecule has 4 nitrogen and oxygen atoms in total. The highest BCUT2D eigenvalue weighted by atomic mass is 32.1. The molecule has 0 bridgehead atoms. The van der Waals surface area contributed by atoms with Gasteiger partial charge in [0, 0.05) is 12.0 Å². The van der Waals surface area contributed by atoms with Crippen molar-refractivity contribution in [2.24, 2.45) is 5.92 Å². The number of aromatic nitrogens is 1. The molecule has 0 spiro atoms.